The summed E-state index contributed by atoms with van der Waals surface area (Å²) in [7, 11) is 0. The van der Waals surface area contributed by atoms with Crippen LogP contribution in [0.5, 0.6) is 0 Å². The molecule has 0 aromatic heterocycles. The molecule has 0 aliphatic carbocycles. The van der Waals surface area contributed by atoms with Crippen LogP contribution in [0.15, 0.2) is 23.8 Å². The second-order valence-electron chi connectivity index (χ2n) is 1.91. The molecule has 3 N–H and O–H groups in total. The van der Waals surface area contributed by atoms with Gasteiger partial charge in [0.1, 0.15) is 0 Å². The van der Waals surface area contributed by atoms with Crippen LogP contribution in [0.1, 0.15) is 13.8 Å². The fraction of sp³-hybridized carbons (Fsp3) is 0.250. The maximum absolute atomic E-state index is 8.89. The van der Waals surface area contributed by atoms with Crippen molar-refractivity contribution in [3.63, 3.8) is 0 Å². The summed E-state index contributed by atoms with van der Waals surface area (Å²) >= 11 is 1.58. The number of carboxylic acids is 2. The van der Waals surface area contributed by atoms with Gasteiger partial charge in [-0.05, 0) is 37.3 Å². The van der Waals surface area contributed by atoms with Crippen LogP contribution >= 0.6 is 11.9 Å². The average molecular weight is 275 g/mol. The van der Waals surface area contributed by atoms with Crippen molar-refractivity contribution in [3.8, 4) is 0 Å². The quantitative estimate of drug-likeness (QED) is 0.387. The number of hydrogen-bond donors (Lipinski definition) is 1. The number of carbonyl (C=O) groups excluding carboxylic acids is 2. The Bertz CT molecular complexity index is 200. The number of carbonyl (C=O) groups is 2. The van der Waals surface area contributed by atoms with E-state index in [4.69, 9.17) is 19.8 Å². The molecule has 0 saturated carbocycles. The molecular formula is C8H13CaNO5S. The summed E-state index contributed by atoms with van der Waals surface area (Å²) in [5.74, 6) is -2.17. The summed E-state index contributed by atoms with van der Waals surface area (Å²) in [5.41, 5.74) is 0. The molecule has 88 valence electrons. The van der Waals surface area contributed by atoms with Gasteiger partial charge in [0.2, 0.25) is 0 Å². The van der Waals surface area contributed by atoms with Crippen molar-refractivity contribution in [3.05, 3.63) is 23.8 Å². The molecule has 1 rings (SSSR count). The van der Waals surface area contributed by atoms with Gasteiger partial charge in [-0.1, -0.05) is 6.08 Å². The van der Waals surface area contributed by atoms with Crippen LogP contribution in [0.3, 0.4) is 0 Å². The molecule has 8 heteroatoms. The second-order valence-corrected chi connectivity index (χ2v) is 2.65. The summed E-state index contributed by atoms with van der Waals surface area (Å²) in [6.45, 7) is 1.94. The van der Waals surface area contributed by atoms with Crippen molar-refractivity contribution in [2.75, 3.05) is 0 Å². The van der Waals surface area contributed by atoms with Gasteiger partial charge in [0.25, 0.3) is 0 Å². The molecule has 1 aliphatic rings. The minimum atomic E-state index is -1.08. The molecule has 0 atom stereocenters. The van der Waals surface area contributed by atoms with Crippen LogP contribution in [-0.4, -0.2) is 55.2 Å². The predicted molar refractivity (Wildman–Crippen MR) is 59.7 cm³/mol. The third-order valence-corrected chi connectivity index (χ3v) is 1.06. The van der Waals surface area contributed by atoms with Gasteiger partial charge in [0, 0.05) is 18.1 Å². The maximum Gasteiger partial charge on any atom is 2.00 e. The number of carboxylic acid groups (broad SMARTS) is 2. The van der Waals surface area contributed by atoms with E-state index in [-0.39, 0.29) is 43.2 Å². The summed E-state index contributed by atoms with van der Waals surface area (Å²) < 4.78 is 2.93. The van der Waals surface area contributed by atoms with E-state index in [1.54, 1.807) is 11.9 Å². The molecule has 0 spiro atoms. The topological polar surface area (TPSA) is 124 Å². The first-order chi connectivity index (χ1) is 6.46. The van der Waals surface area contributed by atoms with Crippen molar-refractivity contribution >= 4 is 61.6 Å². The molecule has 0 unspecified atom stereocenters. The molecular weight excluding hydrogens is 262 g/mol. The number of aliphatic carboxylic acids is 2. The Morgan fingerprint density at radius 1 is 1.12 bits per heavy atom. The van der Waals surface area contributed by atoms with E-state index in [1.807, 2.05) is 23.8 Å². The molecule has 6 nitrogen and oxygen atoms in total. The average Bonchev–Trinajstić information content (AvgIpc) is 2.05. The smallest absolute Gasteiger partial charge is 0.550 e. The van der Waals surface area contributed by atoms with Crippen LogP contribution in [0.25, 0.3) is 0 Å². The van der Waals surface area contributed by atoms with Gasteiger partial charge in [-0.2, -0.15) is 0 Å². The Morgan fingerprint density at radius 2 is 1.50 bits per heavy atom. The van der Waals surface area contributed by atoms with E-state index in [0.29, 0.717) is 0 Å². The molecule has 0 aromatic rings. The second kappa shape index (κ2) is 20.2. The monoisotopic (exact) mass is 275 g/mol. The van der Waals surface area contributed by atoms with Crippen LogP contribution in [-0.2, 0) is 9.59 Å². The van der Waals surface area contributed by atoms with Gasteiger partial charge in [-0.3, -0.25) is 0 Å². The van der Waals surface area contributed by atoms with Crippen molar-refractivity contribution in [1.82, 2.24) is 4.72 Å². The van der Waals surface area contributed by atoms with E-state index >= 15 is 0 Å². The van der Waals surface area contributed by atoms with Gasteiger partial charge in [0.05, 0.1) is 0 Å². The molecule has 0 bridgehead atoms. The van der Waals surface area contributed by atoms with Gasteiger partial charge < -0.3 is 30.0 Å². The SMILES string of the molecule is C1=CNSC=C1.CC(=O)[O-].CC(=O)[O-].O.[Ca+2]. The van der Waals surface area contributed by atoms with E-state index in [2.05, 4.69) is 4.72 Å². The van der Waals surface area contributed by atoms with Gasteiger partial charge >= 0.3 is 37.7 Å². The van der Waals surface area contributed by atoms with E-state index in [1.165, 1.54) is 0 Å². The van der Waals surface area contributed by atoms with Gasteiger partial charge in [-0.15, -0.1) is 0 Å². The van der Waals surface area contributed by atoms with Crippen molar-refractivity contribution in [2.45, 2.75) is 13.8 Å². The fourth-order valence-corrected chi connectivity index (χ4v) is 0.663. The number of rotatable bonds is 0. The molecule has 0 amide bonds. The maximum atomic E-state index is 8.89. The van der Waals surface area contributed by atoms with Crippen molar-refractivity contribution < 1.29 is 25.3 Å². The number of hydrogen-bond acceptors (Lipinski definition) is 6. The molecule has 16 heavy (non-hydrogen) atoms. The third kappa shape index (κ3) is 67.3. The minimum Gasteiger partial charge on any atom is -0.550 e. The van der Waals surface area contributed by atoms with Crippen molar-refractivity contribution in [1.29, 1.82) is 0 Å². The zero-order valence-electron chi connectivity index (χ0n) is 9.06. The predicted octanol–water partition coefficient (Wildman–Crippen LogP) is -2.43. The molecule has 0 saturated heterocycles. The fourth-order valence-electron chi connectivity index (χ4n) is 0.258. The zero-order chi connectivity index (χ0) is 11.4. The molecule has 0 fully saturated rings. The van der Waals surface area contributed by atoms with E-state index in [9.17, 15) is 0 Å². The van der Waals surface area contributed by atoms with Crippen LogP contribution in [0.2, 0.25) is 0 Å². The standard InChI is InChI=1S/C4H5NS.2C2H4O2.Ca.H2O/c1-2-4-6-5-3-1;2*1-2(3)4;;/h1-5H;2*1H3,(H,3,4);;1H2/q;;;+2;/p-2. The van der Waals surface area contributed by atoms with E-state index < -0.39 is 11.9 Å². The van der Waals surface area contributed by atoms with Crippen molar-refractivity contribution in [2.24, 2.45) is 0 Å². The first kappa shape index (κ1) is 24.8. The summed E-state index contributed by atoms with van der Waals surface area (Å²) in [6.07, 6.45) is 5.84. The third-order valence-electron chi connectivity index (χ3n) is 0.490. The molecule has 0 radical (unpaired) electrons. The molecule has 1 heterocycles. The zero-order valence-corrected chi connectivity index (χ0v) is 12.1. The van der Waals surface area contributed by atoms with Crippen LogP contribution in [0, 0.1) is 0 Å². The Labute approximate surface area is 128 Å². The normalized spacial score (nSPS) is 9.62. The van der Waals surface area contributed by atoms with E-state index in [0.717, 1.165) is 13.8 Å². The first-order valence-corrected chi connectivity index (χ1v) is 4.42. The molecule has 0 aromatic carbocycles. The number of allylic oxidation sites excluding steroid dienone is 2. The van der Waals surface area contributed by atoms with Gasteiger partial charge in [0.15, 0.2) is 0 Å². The molecule has 1 aliphatic heterocycles. The Balaban J connectivity index is -0.0000000660. The summed E-state index contributed by atoms with van der Waals surface area (Å²) in [4.78, 5) is 17.8. The van der Waals surface area contributed by atoms with Crippen LogP contribution in [0.4, 0.5) is 0 Å². The minimum absolute atomic E-state index is 0. The number of nitrogens with one attached hydrogen (secondary N) is 1. The first-order valence-electron chi connectivity index (χ1n) is 3.54. The summed E-state index contributed by atoms with van der Waals surface area (Å²) in [6, 6.07) is 0. The van der Waals surface area contributed by atoms with Gasteiger partial charge in [-0.25, -0.2) is 0 Å². The Hall–Kier alpha value is -0.210. The Kier molecular flexibility index (Phi) is 31.4. The summed E-state index contributed by atoms with van der Waals surface area (Å²) in [5, 5.41) is 19.8. The van der Waals surface area contributed by atoms with Crippen LogP contribution < -0.4 is 14.9 Å². The largest absolute Gasteiger partial charge is 2.00 e. The Morgan fingerprint density at radius 3 is 1.56 bits per heavy atom.